The van der Waals surface area contributed by atoms with Crippen LogP contribution in [0.1, 0.15) is 0 Å². The first-order chi connectivity index (χ1) is 4.41. The van der Waals surface area contributed by atoms with E-state index < -0.39 is 15.9 Å². The van der Waals surface area contributed by atoms with Crippen molar-refractivity contribution in [2.24, 2.45) is 0 Å². The maximum absolute atomic E-state index is 4.92. The van der Waals surface area contributed by atoms with E-state index in [1.54, 1.807) is 0 Å². The van der Waals surface area contributed by atoms with Gasteiger partial charge in [-0.1, -0.05) is 0 Å². The van der Waals surface area contributed by atoms with Gasteiger partial charge < -0.3 is 0 Å². The molecule has 1 aromatic rings. The van der Waals surface area contributed by atoms with Gasteiger partial charge in [-0.05, 0) is 0 Å². The molecule has 0 heterocycles. The van der Waals surface area contributed by atoms with E-state index in [4.69, 9.17) is 19.1 Å². The third kappa shape index (κ3) is 8.46. The van der Waals surface area contributed by atoms with Crippen molar-refractivity contribution in [1.29, 1.82) is 0 Å². The van der Waals surface area contributed by atoms with Crippen molar-refractivity contribution in [3.8, 4) is 0 Å². The number of rotatable bonds is 0. The molecule has 0 atom stereocenters. The zero-order chi connectivity index (χ0) is 6.95. The van der Waals surface area contributed by atoms with Crippen molar-refractivity contribution >= 4 is 19.1 Å². The standard InChI is InChI=1S/C6H5.2ClH.Re/c1-2-4-6-5-3-1;;;/h1-5H;2*1H;/q-1;;;+2/p-2. The number of benzene rings is 1. The van der Waals surface area contributed by atoms with Gasteiger partial charge in [-0.3, -0.25) is 0 Å². The summed E-state index contributed by atoms with van der Waals surface area (Å²) in [5.74, 6) is 0. The van der Waals surface area contributed by atoms with Gasteiger partial charge in [-0.15, -0.1) is 0 Å². The fraction of sp³-hybridized carbons (Fsp3) is 0. The second-order valence-corrected chi connectivity index (χ2v) is 5.06. The van der Waals surface area contributed by atoms with E-state index >= 15 is 0 Å². The summed E-state index contributed by atoms with van der Waals surface area (Å²) in [6.07, 6.45) is 0. The molecule has 0 N–H and O–H groups in total. The van der Waals surface area contributed by atoms with Gasteiger partial charge in [0.2, 0.25) is 0 Å². The molecule has 0 aliphatic carbocycles. The van der Waals surface area contributed by atoms with Crippen LogP contribution < -0.4 is 0 Å². The summed E-state index contributed by atoms with van der Waals surface area (Å²) in [5.41, 5.74) is 0. The first-order valence-corrected chi connectivity index (χ1v) is 8.93. The molecule has 51 valence electrons. The van der Waals surface area contributed by atoms with Gasteiger partial charge >= 0.3 is 35.0 Å². The monoisotopic (exact) mass is 334 g/mol. The van der Waals surface area contributed by atoms with Crippen LogP contribution >= 0.6 is 19.1 Å². The molecule has 1 rings (SSSR count). The third-order valence-corrected chi connectivity index (χ3v) is 0.607. The average molecular weight is 334 g/mol. The Kier molecular flexibility index (Phi) is 8.90. The van der Waals surface area contributed by atoms with E-state index in [-0.39, 0.29) is 0 Å². The second kappa shape index (κ2) is 8.46. The molecule has 1 aromatic carbocycles. The van der Waals surface area contributed by atoms with E-state index in [0.29, 0.717) is 0 Å². The molecule has 0 radical (unpaired) electrons. The van der Waals surface area contributed by atoms with E-state index in [9.17, 15) is 0 Å². The van der Waals surface area contributed by atoms with Crippen LogP contribution in [0.25, 0.3) is 0 Å². The minimum atomic E-state index is -0.722. The van der Waals surface area contributed by atoms with Gasteiger partial charge in [-0.2, -0.15) is 36.4 Å². The summed E-state index contributed by atoms with van der Waals surface area (Å²) in [5, 5.41) is 0. The Bertz CT molecular complexity index is 93.9. The molecule has 0 aliphatic heterocycles. The minimum Gasteiger partial charge on any atom is -0.184 e. The summed E-state index contributed by atoms with van der Waals surface area (Å²) in [7, 11) is 9.83. The first-order valence-electron chi connectivity index (χ1n) is 2.20. The van der Waals surface area contributed by atoms with Crippen LogP contribution in [-0.4, -0.2) is 0 Å². The Morgan fingerprint density at radius 3 is 1.56 bits per heavy atom. The molecular formula is C6H5Cl2Re-. The molecule has 0 spiro atoms. The van der Waals surface area contributed by atoms with Gasteiger partial charge in [0.05, 0.1) is 0 Å². The Balaban J connectivity index is 0.000000187. The summed E-state index contributed by atoms with van der Waals surface area (Å²) >= 11 is -0.722. The summed E-state index contributed by atoms with van der Waals surface area (Å²) in [4.78, 5) is 0. The number of hydrogen-bond acceptors (Lipinski definition) is 0. The van der Waals surface area contributed by atoms with Crippen LogP contribution in [0.3, 0.4) is 0 Å². The Morgan fingerprint density at radius 2 is 1.44 bits per heavy atom. The first kappa shape index (κ1) is 9.46. The molecule has 0 saturated carbocycles. The number of hydrogen-bond donors (Lipinski definition) is 0. The van der Waals surface area contributed by atoms with Crippen molar-refractivity contribution in [1.82, 2.24) is 0 Å². The Morgan fingerprint density at radius 1 is 1.00 bits per heavy atom. The smallest absolute Gasteiger partial charge is 0.171 e. The third-order valence-electron chi connectivity index (χ3n) is 0.607. The van der Waals surface area contributed by atoms with Crippen LogP contribution in [-0.2, 0) is 15.9 Å². The minimum absolute atomic E-state index is 0.722. The topological polar surface area (TPSA) is 0 Å². The second-order valence-electron chi connectivity index (χ2n) is 1.13. The van der Waals surface area contributed by atoms with Gasteiger partial charge in [0, 0.05) is 0 Å². The largest absolute Gasteiger partial charge is 0.184 e. The molecule has 0 amide bonds. The van der Waals surface area contributed by atoms with Crippen LogP contribution in [0.5, 0.6) is 0 Å². The molecule has 0 unspecified atom stereocenters. The predicted octanol–water partition coefficient (Wildman–Crippen LogP) is 2.86. The molecule has 9 heavy (non-hydrogen) atoms. The Hall–Kier alpha value is 0.462. The fourth-order valence-corrected chi connectivity index (χ4v) is 0.342. The van der Waals surface area contributed by atoms with Crippen molar-refractivity contribution in [2.75, 3.05) is 0 Å². The van der Waals surface area contributed by atoms with Gasteiger partial charge in [-0.25, -0.2) is 0 Å². The molecular weight excluding hydrogens is 329 g/mol. The van der Waals surface area contributed by atoms with Crippen LogP contribution in [0.15, 0.2) is 30.3 Å². The normalized spacial score (nSPS) is 7.33. The molecule has 0 aliphatic rings. The fourth-order valence-electron chi connectivity index (χ4n) is 0.342. The molecule has 0 saturated heterocycles. The SMILES string of the molecule is [Cl][Re][Cl].[c-]1ccccc1. The summed E-state index contributed by atoms with van der Waals surface area (Å²) < 4.78 is 0. The van der Waals surface area contributed by atoms with Crippen molar-refractivity contribution in [2.45, 2.75) is 0 Å². The van der Waals surface area contributed by atoms with Crippen molar-refractivity contribution in [3.63, 3.8) is 0 Å². The van der Waals surface area contributed by atoms with E-state index in [1.807, 2.05) is 30.3 Å². The average Bonchev–Trinajstić information content (AvgIpc) is 1.93. The van der Waals surface area contributed by atoms with Gasteiger partial charge in [0.1, 0.15) is 0 Å². The molecule has 0 aromatic heterocycles. The van der Waals surface area contributed by atoms with Crippen LogP contribution in [0.4, 0.5) is 0 Å². The van der Waals surface area contributed by atoms with E-state index in [1.165, 1.54) is 0 Å². The van der Waals surface area contributed by atoms with Crippen molar-refractivity contribution in [3.05, 3.63) is 36.4 Å². The number of halogens is 2. The molecule has 0 fully saturated rings. The van der Waals surface area contributed by atoms with Crippen molar-refractivity contribution < 1.29 is 15.9 Å². The molecule has 3 heteroatoms. The maximum Gasteiger partial charge on any atom is -0.171 e. The van der Waals surface area contributed by atoms with E-state index in [0.717, 1.165) is 0 Å². The zero-order valence-electron chi connectivity index (χ0n) is 4.52. The maximum atomic E-state index is 4.92. The van der Waals surface area contributed by atoms with Gasteiger partial charge in [0.15, 0.2) is 0 Å². The molecule has 0 bridgehead atoms. The van der Waals surface area contributed by atoms with Crippen LogP contribution in [0, 0.1) is 6.07 Å². The van der Waals surface area contributed by atoms with Crippen LogP contribution in [0.2, 0.25) is 0 Å². The quantitative estimate of drug-likeness (QED) is 0.640. The summed E-state index contributed by atoms with van der Waals surface area (Å²) in [6, 6.07) is 12.5. The van der Waals surface area contributed by atoms with Gasteiger partial charge in [0.25, 0.3) is 0 Å². The summed E-state index contributed by atoms with van der Waals surface area (Å²) in [6.45, 7) is 0. The Labute approximate surface area is 71.3 Å². The van der Waals surface area contributed by atoms with E-state index in [2.05, 4.69) is 6.07 Å². The predicted molar refractivity (Wildman–Crippen MR) is 37.0 cm³/mol. The zero-order valence-corrected chi connectivity index (χ0v) is 8.75. The molecule has 0 nitrogen and oxygen atoms in total.